The van der Waals surface area contributed by atoms with Gasteiger partial charge in [-0.3, -0.25) is 4.79 Å². The molecule has 2 rings (SSSR count). The zero-order valence-electron chi connectivity index (χ0n) is 10.3. The number of carbonyl (C=O) groups is 1. The second-order valence-electron chi connectivity index (χ2n) is 4.09. The molecule has 4 N–H and O–H groups in total. The number of nitrogens with zero attached hydrogens (tertiary/aromatic N) is 1. The highest BCUT2D eigenvalue weighted by atomic mass is 32.2. The first-order valence-electron chi connectivity index (χ1n) is 5.62. The molecular formula is C10H13N3O4S3. The Morgan fingerprint density at radius 1 is 1.45 bits per heavy atom. The fourth-order valence-corrected chi connectivity index (χ4v) is 4.85. The maximum absolute atomic E-state index is 12.5. The van der Waals surface area contributed by atoms with Crippen LogP contribution in [0, 0.1) is 0 Å². The van der Waals surface area contributed by atoms with Crippen LogP contribution >= 0.6 is 23.6 Å². The van der Waals surface area contributed by atoms with Gasteiger partial charge in [0, 0.05) is 6.54 Å². The van der Waals surface area contributed by atoms with Gasteiger partial charge in [-0.1, -0.05) is 12.2 Å². The molecule has 2 heterocycles. The zero-order chi connectivity index (χ0) is 14.9. The van der Waals surface area contributed by atoms with E-state index in [9.17, 15) is 13.2 Å². The van der Waals surface area contributed by atoms with Crippen LogP contribution in [0.1, 0.15) is 4.88 Å². The van der Waals surface area contributed by atoms with Gasteiger partial charge in [0.1, 0.15) is 15.2 Å². The van der Waals surface area contributed by atoms with Crippen molar-refractivity contribution >= 4 is 44.5 Å². The number of hydrogen-bond acceptors (Lipinski definition) is 6. The number of thiophene rings is 1. The Hall–Kier alpha value is -1.07. The van der Waals surface area contributed by atoms with Gasteiger partial charge in [0.05, 0.1) is 18.1 Å². The summed E-state index contributed by atoms with van der Waals surface area (Å²) in [6.45, 7) is 0.259. The fourth-order valence-electron chi connectivity index (χ4n) is 1.81. The highest BCUT2D eigenvalue weighted by molar-refractivity contribution is 7.91. The molecule has 0 bridgehead atoms. The number of ether oxygens (including phenoxy) is 1. The minimum atomic E-state index is -3.81. The molecule has 1 fully saturated rings. The van der Waals surface area contributed by atoms with Crippen LogP contribution in [0.2, 0.25) is 0 Å². The highest BCUT2D eigenvalue weighted by Crippen LogP contribution is 2.27. The average Bonchev–Trinajstić information content (AvgIpc) is 2.89. The lowest BCUT2D eigenvalue weighted by molar-refractivity contribution is -0.125. The third-order valence-corrected chi connectivity index (χ3v) is 6.64. The van der Waals surface area contributed by atoms with Crippen molar-refractivity contribution in [3.8, 4) is 0 Å². The summed E-state index contributed by atoms with van der Waals surface area (Å²) in [5.74, 6) is -0.737. The summed E-state index contributed by atoms with van der Waals surface area (Å²) in [5.41, 5.74) is 10.7. The van der Waals surface area contributed by atoms with E-state index in [1.54, 1.807) is 6.07 Å². The minimum absolute atomic E-state index is 0.0396. The van der Waals surface area contributed by atoms with Gasteiger partial charge in [0.25, 0.3) is 10.0 Å². The van der Waals surface area contributed by atoms with E-state index in [-0.39, 0.29) is 29.0 Å². The SMILES string of the molecule is NC(=O)C1COCCN1S(=O)(=O)c1ccc(C(N)=S)s1. The summed E-state index contributed by atoms with van der Waals surface area (Å²) in [6.07, 6.45) is 0. The van der Waals surface area contributed by atoms with Crippen LogP contribution in [-0.4, -0.2) is 49.4 Å². The summed E-state index contributed by atoms with van der Waals surface area (Å²) in [4.78, 5) is 12.0. The maximum atomic E-state index is 12.5. The van der Waals surface area contributed by atoms with E-state index in [1.165, 1.54) is 6.07 Å². The summed E-state index contributed by atoms with van der Waals surface area (Å²) in [6, 6.07) is 1.96. The summed E-state index contributed by atoms with van der Waals surface area (Å²) in [5, 5.41) is 0. The van der Waals surface area contributed by atoms with Crippen molar-refractivity contribution in [3.63, 3.8) is 0 Å². The van der Waals surface area contributed by atoms with E-state index in [1.807, 2.05) is 0 Å². The quantitative estimate of drug-likeness (QED) is 0.700. The van der Waals surface area contributed by atoms with Crippen LogP contribution in [0.25, 0.3) is 0 Å². The smallest absolute Gasteiger partial charge is 0.253 e. The van der Waals surface area contributed by atoms with Crippen LogP contribution in [0.3, 0.4) is 0 Å². The Labute approximate surface area is 125 Å². The molecule has 0 radical (unpaired) electrons. The molecule has 1 saturated heterocycles. The zero-order valence-corrected chi connectivity index (χ0v) is 12.8. The van der Waals surface area contributed by atoms with Crippen molar-refractivity contribution in [1.29, 1.82) is 0 Å². The van der Waals surface area contributed by atoms with Gasteiger partial charge in [-0.15, -0.1) is 11.3 Å². The monoisotopic (exact) mass is 335 g/mol. The molecule has 0 saturated carbocycles. The molecule has 110 valence electrons. The standard InChI is InChI=1S/C10H13N3O4S3/c11-9(14)6-5-17-4-3-13(6)20(15,16)8-2-1-7(19-8)10(12)18/h1-2,6H,3-5H2,(H2,11,14)(H2,12,18). The molecule has 1 aromatic heterocycles. The third kappa shape index (κ3) is 2.83. The second-order valence-corrected chi connectivity index (χ2v) is 7.73. The fraction of sp³-hybridized carbons (Fsp3) is 0.400. The minimum Gasteiger partial charge on any atom is -0.389 e. The topological polar surface area (TPSA) is 116 Å². The molecule has 20 heavy (non-hydrogen) atoms. The van der Waals surface area contributed by atoms with Crippen molar-refractivity contribution < 1.29 is 17.9 Å². The van der Waals surface area contributed by atoms with Crippen molar-refractivity contribution in [1.82, 2.24) is 4.31 Å². The number of sulfonamides is 1. The average molecular weight is 335 g/mol. The summed E-state index contributed by atoms with van der Waals surface area (Å²) < 4.78 is 31.3. The molecule has 0 aromatic carbocycles. The van der Waals surface area contributed by atoms with E-state index < -0.39 is 22.0 Å². The van der Waals surface area contributed by atoms with Gasteiger partial charge in [-0.05, 0) is 12.1 Å². The predicted molar refractivity (Wildman–Crippen MR) is 77.9 cm³/mol. The molecule has 7 nitrogen and oxygen atoms in total. The van der Waals surface area contributed by atoms with Crippen LogP contribution in [0.5, 0.6) is 0 Å². The number of primary amides is 1. The lowest BCUT2D eigenvalue weighted by Crippen LogP contribution is -2.54. The van der Waals surface area contributed by atoms with Gasteiger partial charge in [-0.2, -0.15) is 4.31 Å². The van der Waals surface area contributed by atoms with E-state index >= 15 is 0 Å². The number of thiocarbonyl (C=S) groups is 1. The van der Waals surface area contributed by atoms with Crippen LogP contribution in [-0.2, 0) is 19.6 Å². The molecule has 0 aliphatic carbocycles. The predicted octanol–water partition coefficient (Wildman–Crippen LogP) is -0.743. The van der Waals surface area contributed by atoms with Gasteiger partial charge >= 0.3 is 0 Å². The highest BCUT2D eigenvalue weighted by Gasteiger charge is 2.38. The van der Waals surface area contributed by atoms with E-state index in [0.29, 0.717) is 4.88 Å². The first-order valence-corrected chi connectivity index (χ1v) is 8.29. The van der Waals surface area contributed by atoms with Crippen molar-refractivity contribution in [2.24, 2.45) is 11.5 Å². The molecule has 1 amide bonds. The van der Waals surface area contributed by atoms with Gasteiger partial charge in [-0.25, -0.2) is 8.42 Å². The first kappa shape index (κ1) is 15.3. The van der Waals surface area contributed by atoms with E-state index in [0.717, 1.165) is 15.6 Å². The number of nitrogens with two attached hydrogens (primary N) is 2. The molecule has 1 aliphatic heterocycles. The van der Waals surface area contributed by atoms with Crippen molar-refractivity contribution in [2.45, 2.75) is 10.3 Å². The van der Waals surface area contributed by atoms with E-state index in [4.69, 9.17) is 28.4 Å². The molecule has 0 spiro atoms. The normalized spacial score (nSPS) is 20.7. The largest absolute Gasteiger partial charge is 0.389 e. The lowest BCUT2D eigenvalue weighted by Gasteiger charge is -2.31. The van der Waals surface area contributed by atoms with Crippen molar-refractivity contribution in [2.75, 3.05) is 19.8 Å². The molecule has 1 aromatic rings. The number of morpholine rings is 1. The first-order chi connectivity index (χ1) is 9.34. The Morgan fingerprint density at radius 3 is 2.70 bits per heavy atom. The van der Waals surface area contributed by atoms with Gasteiger partial charge < -0.3 is 16.2 Å². The number of hydrogen-bond donors (Lipinski definition) is 2. The molecule has 1 aliphatic rings. The Bertz CT molecular complexity index is 640. The van der Waals surface area contributed by atoms with Crippen LogP contribution in [0.15, 0.2) is 16.3 Å². The Kier molecular flexibility index (Phi) is 4.39. The maximum Gasteiger partial charge on any atom is 0.253 e. The molecular weight excluding hydrogens is 322 g/mol. The Morgan fingerprint density at radius 2 is 2.15 bits per heavy atom. The van der Waals surface area contributed by atoms with E-state index in [2.05, 4.69) is 0 Å². The van der Waals surface area contributed by atoms with Crippen LogP contribution in [0.4, 0.5) is 0 Å². The number of carbonyl (C=O) groups excluding carboxylic acids is 1. The van der Waals surface area contributed by atoms with Gasteiger partial charge in [0.2, 0.25) is 5.91 Å². The summed E-state index contributed by atoms with van der Waals surface area (Å²) in [7, 11) is -3.81. The second kappa shape index (κ2) is 5.74. The summed E-state index contributed by atoms with van der Waals surface area (Å²) >= 11 is 5.77. The van der Waals surface area contributed by atoms with Crippen molar-refractivity contribution in [3.05, 3.63) is 17.0 Å². The third-order valence-electron chi connectivity index (χ3n) is 2.79. The van der Waals surface area contributed by atoms with Gasteiger partial charge in [0.15, 0.2) is 0 Å². The van der Waals surface area contributed by atoms with Crippen LogP contribution < -0.4 is 11.5 Å². The lowest BCUT2D eigenvalue weighted by atomic mass is 10.3. The molecule has 1 atom stereocenters. The number of amides is 1. The molecule has 10 heteroatoms. The number of rotatable bonds is 4. The Balaban J connectivity index is 2.36. The molecule has 1 unspecified atom stereocenters.